The van der Waals surface area contributed by atoms with Gasteiger partial charge in [-0.15, -0.1) is 10.2 Å². The van der Waals surface area contributed by atoms with E-state index in [9.17, 15) is 13.2 Å². The lowest BCUT2D eigenvalue weighted by molar-refractivity contribution is -0.113. The SMILES string of the molecule is CCN(CC)S(=O)(=O)c1cc(NC(=O)CSc2nnc(C)n2-c2ccccc2)ccc1C. The maximum atomic E-state index is 12.9. The van der Waals surface area contributed by atoms with Crippen molar-refractivity contribution >= 4 is 33.4 Å². The topological polar surface area (TPSA) is 97.2 Å². The fraction of sp³-hybridized carbons (Fsp3) is 0.318. The van der Waals surface area contributed by atoms with Gasteiger partial charge >= 0.3 is 0 Å². The number of amides is 1. The first-order chi connectivity index (χ1) is 15.3. The van der Waals surface area contributed by atoms with Crippen molar-refractivity contribution in [1.82, 2.24) is 19.1 Å². The predicted octanol–water partition coefficient (Wildman–Crippen LogP) is 3.65. The summed E-state index contributed by atoms with van der Waals surface area (Å²) < 4.78 is 29.1. The Hall–Kier alpha value is -2.69. The molecule has 0 unspecified atom stereocenters. The number of anilines is 1. The molecular formula is C22H27N5O3S2. The molecule has 0 saturated heterocycles. The zero-order valence-corrected chi connectivity index (χ0v) is 20.2. The van der Waals surface area contributed by atoms with E-state index < -0.39 is 10.0 Å². The molecule has 0 fully saturated rings. The normalized spacial score (nSPS) is 11.7. The average molecular weight is 474 g/mol. The molecule has 0 saturated carbocycles. The molecule has 1 amide bonds. The molecule has 170 valence electrons. The van der Waals surface area contributed by atoms with Crippen molar-refractivity contribution in [2.45, 2.75) is 37.7 Å². The third-order valence-electron chi connectivity index (χ3n) is 4.94. The standard InChI is InChI=1S/C22H27N5O3S2/c1-5-26(6-2)32(29,30)20-14-18(13-12-16(20)3)23-21(28)15-31-22-25-24-17(4)27(22)19-10-8-7-9-11-19/h7-14H,5-6,15H2,1-4H3,(H,23,28). The highest BCUT2D eigenvalue weighted by Gasteiger charge is 2.24. The number of carbonyl (C=O) groups excluding carboxylic acids is 1. The lowest BCUT2D eigenvalue weighted by atomic mass is 10.2. The Morgan fingerprint density at radius 3 is 2.41 bits per heavy atom. The zero-order chi connectivity index (χ0) is 23.3. The fourth-order valence-electron chi connectivity index (χ4n) is 3.30. The molecule has 0 radical (unpaired) electrons. The van der Waals surface area contributed by atoms with E-state index in [4.69, 9.17) is 0 Å². The molecule has 0 aliphatic rings. The van der Waals surface area contributed by atoms with Crippen molar-refractivity contribution in [3.63, 3.8) is 0 Å². The van der Waals surface area contributed by atoms with Crippen molar-refractivity contribution < 1.29 is 13.2 Å². The Balaban J connectivity index is 1.73. The molecule has 0 aliphatic heterocycles. The van der Waals surface area contributed by atoms with E-state index in [1.807, 2.05) is 41.8 Å². The number of carbonyl (C=O) groups is 1. The molecule has 8 nitrogen and oxygen atoms in total. The number of aryl methyl sites for hydroxylation is 2. The van der Waals surface area contributed by atoms with E-state index in [0.717, 1.165) is 11.5 Å². The Kier molecular flexibility index (Phi) is 7.70. The quantitative estimate of drug-likeness (QED) is 0.477. The number of nitrogens with one attached hydrogen (secondary N) is 1. The van der Waals surface area contributed by atoms with Gasteiger partial charge in [-0.25, -0.2) is 8.42 Å². The van der Waals surface area contributed by atoms with Crippen LogP contribution >= 0.6 is 11.8 Å². The molecule has 3 rings (SSSR count). The van der Waals surface area contributed by atoms with E-state index in [-0.39, 0.29) is 16.6 Å². The van der Waals surface area contributed by atoms with E-state index in [2.05, 4.69) is 15.5 Å². The third kappa shape index (κ3) is 5.20. The number of rotatable bonds is 9. The van der Waals surface area contributed by atoms with Gasteiger partial charge in [0.15, 0.2) is 5.16 Å². The van der Waals surface area contributed by atoms with Gasteiger partial charge in [0, 0.05) is 24.5 Å². The summed E-state index contributed by atoms with van der Waals surface area (Å²) in [5.74, 6) is 0.575. The van der Waals surface area contributed by atoms with Crippen molar-refractivity contribution in [1.29, 1.82) is 0 Å². The Morgan fingerprint density at radius 2 is 1.75 bits per heavy atom. The highest BCUT2D eigenvalue weighted by Crippen LogP contribution is 2.25. The van der Waals surface area contributed by atoms with Crippen LogP contribution in [0.2, 0.25) is 0 Å². The highest BCUT2D eigenvalue weighted by atomic mass is 32.2. The zero-order valence-electron chi connectivity index (χ0n) is 18.6. The summed E-state index contributed by atoms with van der Waals surface area (Å²) in [7, 11) is -3.62. The lowest BCUT2D eigenvalue weighted by Crippen LogP contribution is -2.31. The second-order valence-electron chi connectivity index (χ2n) is 7.11. The fourth-order valence-corrected chi connectivity index (χ4v) is 5.80. The summed E-state index contributed by atoms with van der Waals surface area (Å²) in [6, 6.07) is 14.6. The van der Waals surface area contributed by atoms with Gasteiger partial charge in [-0.2, -0.15) is 4.31 Å². The van der Waals surface area contributed by atoms with Gasteiger partial charge in [-0.3, -0.25) is 9.36 Å². The van der Waals surface area contributed by atoms with Crippen LogP contribution in [0.5, 0.6) is 0 Å². The number of nitrogens with zero attached hydrogens (tertiary/aromatic N) is 4. The average Bonchev–Trinajstić information content (AvgIpc) is 3.15. The number of sulfonamides is 1. The Bertz CT molecular complexity index is 1190. The summed E-state index contributed by atoms with van der Waals surface area (Å²) in [5.41, 5.74) is 1.99. The molecule has 1 N–H and O–H groups in total. The maximum Gasteiger partial charge on any atom is 0.243 e. The molecule has 0 bridgehead atoms. The van der Waals surface area contributed by atoms with E-state index in [1.54, 1.807) is 32.9 Å². The molecule has 0 atom stereocenters. The van der Waals surface area contributed by atoms with Gasteiger partial charge in [0.1, 0.15) is 5.82 Å². The van der Waals surface area contributed by atoms with Crippen LogP contribution in [0.4, 0.5) is 5.69 Å². The Labute approximate surface area is 193 Å². The van der Waals surface area contributed by atoms with Crippen LogP contribution in [-0.2, 0) is 14.8 Å². The molecule has 0 aliphatic carbocycles. The van der Waals surface area contributed by atoms with Crippen LogP contribution in [0.1, 0.15) is 25.2 Å². The Morgan fingerprint density at radius 1 is 1.06 bits per heavy atom. The molecule has 1 aromatic heterocycles. The predicted molar refractivity (Wildman–Crippen MR) is 127 cm³/mol. The first-order valence-electron chi connectivity index (χ1n) is 10.3. The van der Waals surface area contributed by atoms with Crippen LogP contribution in [0, 0.1) is 13.8 Å². The summed E-state index contributed by atoms with van der Waals surface area (Å²) in [5, 5.41) is 11.7. The van der Waals surface area contributed by atoms with Gasteiger partial charge in [0.2, 0.25) is 15.9 Å². The number of para-hydroxylation sites is 1. The molecule has 1 heterocycles. The number of thioether (sulfide) groups is 1. The maximum absolute atomic E-state index is 12.9. The number of hydrogen-bond donors (Lipinski definition) is 1. The minimum Gasteiger partial charge on any atom is -0.325 e. The second kappa shape index (κ2) is 10.3. The number of aromatic nitrogens is 3. The summed E-state index contributed by atoms with van der Waals surface area (Å²) >= 11 is 1.27. The summed E-state index contributed by atoms with van der Waals surface area (Å²) in [4.78, 5) is 12.8. The minimum atomic E-state index is -3.62. The third-order valence-corrected chi connectivity index (χ3v) is 8.06. The number of benzene rings is 2. The van der Waals surface area contributed by atoms with Crippen LogP contribution in [0.15, 0.2) is 58.6 Å². The monoisotopic (exact) mass is 473 g/mol. The van der Waals surface area contributed by atoms with E-state index >= 15 is 0 Å². The summed E-state index contributed by atoms with van der Waals surface area (Å²) in [6.45, 7) is 7.97. The van der Waals surface area contributed by atoms with Crippen molar-refractivity contribution in [2.24, 2.45) is 0 Å². The van der Waals surface area contributed by atoms with Crippen molar-refractivity contribution in [3.05, 3.63) is 59.9 Å². The molecule has 3 aromatic rings. The lowest BCUT2D eigenvalue weighted by Gasteiger charge is -2.20. The van der Waals surface area contributed by atoms with Crippen LogP contribution < -0.4 is 5.32 Å². The highest BCUT2D eigenvalue weighted by molar-refractivity contribution is 7.99. The van der Waals surface area contributed by atoms with Gasteiger partial charge < -0.3 is 5.32 Å². The van der Waals surface area contributed by atoms with Crippen LogP contribution in [-0.4, -0.2) is 52.2 Å². The molecule has 10 heteroatoms. The van der Waals surface area contributed by atoms with Crippen molar-refractivity contribution in [3.8, 4) is 5.69 Å². The first kappa shape index (κ1) is 24.0. The van der Waals surface area contributed by atoms with Gasteiger partial charge in [-0.05, 0) is 43.7 Å². The van der Waals surface area contributed by atoms with E-state index in [1.165, 1.54) is 22.1 Å². The first-order valence-corrected chi connectivity index (χ1v) is 12.7. The van der Waals surface area contributed by atoms with Gasteiger partial charge in [-0.1, -0.05) is 49.9 Å². The smallest absolute Gasteiger partial charge is 0.243 e. The molecule has 2 aromatic carbocycles. The van der Waals surface area contributed by atoms with Crippen LogP contribution in [0.25, 0.3) is 5.69 Å². The molecule has 0 spiro atoms. The molecular weight excluding hydrogens is 446 g/mol. The van der Waals surface area contributed by atoms with Gasteiger partial charge in [0.05, 0.1) is 10.6 Å². The van der Waals surface area contributed by atoms with Gasteiger partial charge in [0.25, 0.3) is 0 Å². The van der Waals surface area contributed by atoms with Crippen LogP contribution in [0.3, 0.4) is 0 Å². The van der Waals surface area contributed by atoms with E-state index in [0.29, 0.717) is 29.5 Å². The minimum absolute atomic E-state index is 0.108. The molecule has 32 heavy (non-hydrogen) atoms. The van der Waals surface area contributed by atoms with Crippen molar-refractivity contribution in [2.75, 3.05) is 24.2 Å². The summed E-state index contributed by atoms with van der Waals surface area (Å²) in [6.07, 6.45) is 0. The number of hydrogen-bond acceptors (Lipinski definition) is 6. The largest absolute Gasteiger partial charge is 0.325 e. The second-order valence-corrected chi connectivity index (χ2v) is 9.96.